The summed E-state index contributed by atoms with van der Waals surface area (Å²) in [6, 6.07) is 14.1. The second kappa shape index (κ2) is 4.14. The summed E-state index contributed by atoms with van der Waals surface area (Å²) in [5.41, 5.74) is 1.87. The molecule has 2 aromatic carbocycles. The Morgan fingerprint density at radius 1 is 1.06 bits per heavy atom. The molecule has 0 aliphatic rings. The Balaban J connectivity index is 1.99. The van der Waals surface area contributed by atoms with E-state index in [0.29, 0.717) is 11.8 Å². The van der Waals surface area contributed by atoms with Crippen LogP contribution in [0.3, 0.4) is 0 Å². The maximum absolute atomic E-state index is 12.8. The van der Waals surface area contributed by atoms with Gasteiger partial charge in [0.2, 0.25) is 0 Å². The SMILES string of the molecule is Cn1c(Oc2ccc(F)cc2)nc2ccccc21. The quantitative estimate of drug-likeness (QED) is 0.687. The van der Waals surface area contributed by atoms with Gasteiger partial charge < -0.3 is 4.74 Å². The van der Waals surface area contributed by atoms with Gasteiger partial charge in [0.1, 0.15) is 11.6 Å². The molecule has 0 radical (unpaired) electrons. The Kier molecular flexibility index (Phi) is 2.48. The van der Waals surface area contributed by atoms with Crippen molar-refractivity contribution in [2.24, 2.45) is 7.05 Å². The van der Waals surface area contributed by atoms with Gasteiger partial charge in [-0.2, -0.15) is 4.98 Å². The fraction of sp³-hybridized carbons (Fsp3) is 0.0714. The fourth-order valence-electron chi connectivity index (χ4n) is 1.82. The lowest BCUT2D eigenvalue weighted by Crippen LogP contribution is -1.94. The molecule has 0 spiro atoms. The van der Waals surface area contributed by atoms with Gasteiger partial charge in [0, 0.05) is 7.05 Å². The first-order valence-corrected chi connectivity index (χ1v) is 5.59. The topological polar surface area (TPSA) is 27.1 Å². The van der Waals surface area contributed by atoms with E-state index in [-0.39, 0.29) is 5.82 Å². The molecular weight excluding hydrogens is 231 g/mol. The maximum Gasteiger partial charge on any atom is 0.302 e. The number of aromatic nitrogens is 2. The van der Waals surface area contributed by atoms with Crippen LogP contribution in [-0.4, -0.2) is 9.55 Å². The van der Waals surface area contributed by atoms with Crippen molar-refractivity contribution in [2.75, 3.05) is 0 Å². The van der Waals surface area contributed by atoms with Crippen LogP contribution in [0, 0.1) is 5.82 Å². The van der Waals surface area contributed by atoms with Crippen LogP contribution in [-0.2, 0) is 7.05 Å². The molecule has 0 amide bonds. The van der Waals surface area contributed by atoms with Crippen molar-refractivity contribution < 1.29 is 9.13 Å². The van der Waals surface area contributed by atoms with Crippen LogP contribution >= 0.6 is 0 Å². The zero-order valence-electron chi connectivity index (χ0n) is 9.80. The van der Waals surface area contributed by atoms with Crippen molar-refractivity contribution in [1.82, 2.24) is 9.55 Å². The first-order valence-electron chi connectivity index (χ1n) is 5.59. The van der Waals surface area contributed by atoms with Crippen LogP contribution in [0.25, 0.3) is 11.0 Å². The van der Waals surface area contributed by atoms with Crippen LogP contribution in [0.2, 0.25) is 0 Å². The number of benzene rings is 2. The predicted molar refractivity (Wildman–Crippen MR) is 67.2 cm³/mol. The van der Waals surface area contributed by atoms with Crippen LogP contribution in [0.4, 0.5) is 4.39 Å². The van der Waals surface area contributed by atoms with Crippen molar-refractivity contribution in [3.8, 4) is 11.8 Å². The first kappa shape index (κ1) is 10.8. The molecule has 18 heavy (non-hydrogen) atoms. The van der Waals surface area contributed by atoms with E-state index in [1.807, 2.05) is 35.9 Å². The third-order valence-corrected chi connectivity index (χ3v) is 2.77. The molecule has 90 valence electrons. The van der Waals surface area contributed by atoms with Gasteiger partial charge in [0.05, 0.1) is 11.0 Å². The molecule has 0 fully saturated rings. The number of hydrogen-bond acceptors (Lipinski definition) is 2. The summed E-state index contributed by atoms with van der Waals surface area (Å²) < 4.78 is 20.3. The summed E-state index contributed by atoms with van der Waals surface area (Å²) in [5, 5.41) is 0. The highest BCUT2D eigenvalue weighted by Crippen LogP contribution is 2.24. The smallest absolute Gasteiger partial charge is 0.302 e. The minimum Gasteiger partial charge on any atom is -0.425 e. The highest BCUT2D eigenvalue weighted by Gasteiger charge is 2.08. The van der Waals surface area contributed by atoms with Gasteiger partial charge in [0.15, 0.2) is 0 Å². The zero-order chi connectivity index (χ0) is 12.5. The third kappa shape index (κ3) is 1.82. The van der Waals surface area contributed by atoms with E-state index >= 15 is 0 Å². The Morgan fingerprint density at radius 3 is 2.50 bits per heavy atom. The van der Waals surface area contributed by atoms with Gasteiger partial charge in [0.25, 0.3) is 0 Å². The number of hydrogen-bond donors (Lipinski definition) is 0. The van der Waals surface area contributed by atoms with Crippen molar-refractivity contribution in [3.05, 3.63) is 54.3 Å². The number of nitrogens with zero attached hydrogens (tertiary/aromatic N) is 2. The molecule has 1 heterocycles. The number of ether oxygens (including phenoxy) is 1. The van der Waals surface area contributed by atoms with E-state index in [0.717, 1.165) is 11.0 Å². The summed E-state index contributed by atoms with van der Waals surface area (Å²) in [5.74, 6) is 0.280. The molecule has 3 rings (SSSR count). The van der Waals surface area contributed by atoms with Crippen molar-refractivity contribution >= 4 is 11.0 Å². The second-order valence-corrected chi connectivity index (χ2v) is 4.00. The number of rotatable bonds is 2. The van der Waals surface area contributed by atoms with Gasteiger partial charge in [-0.15, -0.1) is 0 Å². The van der Waals surface area contributed by atoms with Crippen molar-refractivity contribution in [2.45, 2.75) is 0 Å². The minimum absolute atomic E-state index is 0.285. The molecule has 0 aliphatic heterocycles. The lowest BCUT2D eigenvalue weighted by atomic mass is 10.3. The van der Waals surface area contributed by atoms with Crippen LogP contribution in [0.15, 0.2) is 48.5 Å². The Hall–Kier alpha value is -2.36. The second-order valence-electron chi connectivity index (χ2n) is 4.00. The minimum atomic E-state index is -0.285. The number of halogens is 1. The van der Waals surface area contributed by atoms with E-state index < -0.39 is 0 Å². The lowest BCUT2D eigenvalue weighted by molar-refractivity contribution is 0.426. The largest absolute Gasteiger partial charge is 0.425 e. The van der Waals surface area contributed by atoms with E-state index in [1.54, 1.807) is 12.1 Å². The summed E-state index contributed by atoms with van der Waals surface area (Å²) in [4.78, 5) is 4.38. The van der Waals surface area contributed by atoms with Crippen molar-refractivity contribution in [3.63, 3.8) is 0 Å². The molecule has 0 aliphatic carbocycles. The van der Waals surface area contributed by atoms with Crippen molar-refractivity contribution in [1.29, 1.82) is 0 Å². The van der Waals surface area contributed by atoms with Crippen LogP contribution in [0.1, 0.15) is 0 Å². The van der Waals surface area contributed by atoms with Gasteiger partial charge in [-0.3, -0.25) is 4.57 Å². The van der Waals surface area contributed by atoms with Gasteiger partial charge in [-0.25, -0.2) is 4.39 Å². The summed E-state index contributed by atoms with van der Waals surface area (Å²) >= 11 is 0. The Labute approximate surface area is 103 Å². The standard InChI is InChI=1S/C14H11FN2O/c1-17-13-5-3-2-4-12(13)16-14(17)18-11-8-6-10(15)7-9-11/h2-9H,1H3. The Morgan fingerprint density at radius 2 is 1.78 bits per heavy atom. The molecule has 4 heteroatoms. The van der Waals surface area contributed by atoms with Gasteiger partial charge in [-0.05, 0) is 36.4 Å². The highest BCUT2D eigenvalue weighted by molar-refractivity contribution is 5.76. The third-order valence-electron chi connectivity index (χ3n) is 2.77. The molecule has 0 saturated heterocycles. The number of fused-ring (bicyclic) bond motifs is 1. The molecule has 0 N–H and O–H groups in total. The molecular formula is C14H11FN2O. The van der Waals surface area contributed by atoms with Crippen LogP contribution in [0.5, 0.6) is 11.8 Å². The average molecular weight is 242 g/mol. The van der Waals surface area contributed by atoms with Crippen LogP contribution < -0.4 is 4.74 Å². The normalized spacial score (nSPS) is 10.8. The molecule has 0 saturated carbocycles. The fourth-order valence-corrected chi connectivity index (χ4v) is 1.82. The maximum atomic E-state index is 12.8. The molecule has 3 aromatic rings. The number of aryl methyl sites for hydroxylation is 1. The van der Waals surface area contributed by atoms with E-state index in [1.165, 1.54) is 12.1 Å². The van der Waals surface area contributed by atoms with E-state index in [4.69, 9.17) is 4.74 Å². The molecule has 1 aromatic heterocycles. The molecule has 0 atom stereocenters. The number of para-hydroxylation sites is 2. The molecule has 0 bridgehead atoms. The molecule has 0 unspecified atom stereocenters. The van der Waals surface area contributed by atoms with E-state index in [2.05, 4.69) is 4.98 Å². The Bertz CT molecular complexity index is 689. The average Bonchev–Trinajstić information content (AvgIpc) is 2.70. The van der Waals surface area contributed by atoms with Gasteiger partial charge >= 0.3 is 6.01 Å². The predicted octanol–water partition coefficient (Wildman–Crippen LogP) is 3.50. The number of imidazole rings is 1. The van der Waals surface area contributed by atoms with Gasteiger partial charge in [-0.1, -0.05) is 12.1 Å². The highest BCUT2D eigenvalue weighted by atomic mass is 19.1. The summed E-state index contributed by atoms with van der Waals surface area (Å²) in [6.07, 6.45) is 0. The first-order chi connectivity index (χ1) is 8.74. The summed E-state index contributed by atoms with van der Waals surface area (Å²) in [7, 11) is 1.88. The summed E-state index contributed by atoms with van der Waals surface area (Å²) in [6.45, 7) is 0. The molecule has 3 nitrogen and oxygen atoms in total. The monoisotopic (exact) mass is 242 g/mol. The lowest BCUT2D eigenvalue weighted by Gasteiger charge is -2.04. The van der Waals surface area contributed by atoms with E-state index in [9.17, 15) is 4.39 Å². The zero-order valence-corrected chi connectivity index (χ0v) is 9.80.